The lowest BCUT2D eigenvalue weighted by Gasteiger charge is -2.15. The van der Waals surface area contributed by atoms with Gasteiger partial charge in [0.1, 0.15) is 0 Å². The summed E-state index contributed by atoms with van der Waals surface area (Å²) in [4.78, 5) is 12.6. The van der Waals surface area contributed by atoms with E-state index in [0.29, 0.717) is 21.6 Å². The van der Waals surface area contributed by atoms with Crippen molar-refractivity contribution in [2.24, 2.45) is 0 Å². The maximum atomic E-state index is 12.6. The van der Waals surface area contributed by atoms with Crippen LogP contribution in [0.5, 0.6) is 0 Å². The summed E-state index contributed by atoms with van der Waals surface area (Å²) in [6.45, 7) is 5.73. The molecule has 1 aromatic heterocycles. The molecule has 1 atom stereocenters. The van der Waals surface area contributed by atoms with Crippen LogP contribution in [0.25, 0.3) is 11.4 Å². The molecule has 0 saturated heterocycles. The first kappa shape index (κ1) is 19.3. The summed E-state index contributed by atoms with van der Waals surface area (Å²) in [5.74, 6) is 6.46. The van der Waals surface area contributed by atoms with Crippen molar-refractivity contribution in [1.29, 1.82) is 0 Å². The predicted molar refractivity (Wildman–Crippen MR) is 110 cm³/mol. The molecular weight excluding hydrogens is 382 g/mol. The molecule has 3 N–H and O–H groups in total. The van der Waals surface area contributed by atoms with E-state index in [1.165, 1.54) is 16.4 Å². The smallest absolute Gasteiger partial charge is 0.237 e. The van der Waals surface area contributed by atoms with E-state index < -0.39 is 5.25 Å². The molecule has 1 amide bonds. The van der Waals surface area contributed by atoms with Gasteiger partial charge in [0.25, 0.3) is 0 Å². The van der Waals surface area contributed by atoms with Crippen LogP contribution in [0, 0.1) is 13.8 Å². The van der Waals surface area contributed by atoms with E-state index in [-0.39, 0.29) is 5.91 Å². The fourth-order valence-electron chi connectivity index (χ4n) is 2.63. The van der Waals surface area contributed by atoms with Gasteiger partial charge in [-0.3, -0.25) is 4.79 Å². The SMILES string of the molecule is Cc1cccc(C)c1NC(=O)[C@@H](C)Sc1nnc(-c2ccccc2Cl)n1N. The minimum Gasteiger partial charge on any atom is -0.335 e. The van der Waals surface area contributed by atoms with Gasteiger partial charge in [0, 0.05) is 11.3 Å². The summed E-state index contributed by atoms with van der Waals surface area (Å²) in [6.07, 6.45) is 0. The van der Waals surface area contributed by atoms with E-state index in [1.54, 1.807) is 13.0 Å². The van der Waals surface area contributed by atoms with Crippen LogP contribution in [-0.4, -0.2) is 26.0 Å². The van der Waals surface area contributed by atoms with Crippen molar-refractivity contribution in [3.05, 3.63) is 58.6 Å². The van der Waals surface area contributed by atoms with E-state index in [9.17, 15) is 4.79 Å². The number of carbonyl (C=O) groups excluding carboxylic acids is 1. The number of rotatable bonds is 5. The van der Waals surface area contributed by atoms with Gasteiger partial charge in [-0.25, -0.2) is 4.68 Å². The molecule has 3 aromatic rings. The zero-order valence-electron chi connectivity index (χ0n) is 15.2. The topological polar surface area (TPSA) is 85.8 Å². The average Bonchev–Trinajstić information content (AvgIpc) is 2.99. The first-order valence-corrected chi connectivity index (χ1v) is 9.63. The fourth-order valence-corrected chi connectivity index (χ4v) is 3.62. The number of benzene rings is 2. The number of nitrogens with two attached hydrogens (primary N) is 1. The van der Waals surface area contributed by atoms with Gasteiger partial charge in [0.15, 0.2) is 5.82 Å². The maximum Gasteiger partial charge on any atom is 0.237 e. The highest BCUT2D eigenvalue weighted by Gasteiger charge is 2.21. The third-order valence-corrected chi connectivity index (χ3v) is 5.55. The van der Waals surface area contributed by atoms with Crippen molar-refractivity contribution in [3.8, 4) is 11.4 Å². The Morgan fingerprint density at radius 1 is 1.15 bits per heavy atom. The Hall–Kier alpha value is -2.51. The van der Waals surface area contributed by atoms with Crippen LogP contribution in [0.15, 0.2) is 47.6 Å². The number of aromatic nitrogens is 3. The van der Waals surface area contributed by atoms with Crippen LogP contribution in [0.3, 0.4) is 0 Å². The third-order valence-electron chi connectivity index (χ3n) is 4.16. The van der Waals surface area contributed by atoms with Crippen molar-refractivity contribution in [2.45, 2.75) is 31.2 Å². The highest BCUT2D eigenvalue weighted by atomic mass is 35.5. The molecule has 0 bridgehead atoms. The molecule has 0 saturated carbocycles. The molecule has 0 aliphatic heterocycles. The van der Waals surface area contributed by atoms with E-state index in [1.807, 2.05) is 50.2 Å². The standard InChI is InChI=1S/C19H20ClN5OS/c1-11-7-6-8-12(2)16(11)22-18(26)13(3)27-19-24-23-17(25(19)21)14-9-4-5-10-15(14)20/h4-10,13H,21H2,1-3H3,(H,22,26)/t13-/m1/s1. The molecule has 0 aliphatic carbocycles. The number of nitrogens with one attached hydrogen (secondary N) is 1. The zero-order valence-corrected chi connectivity index (χ0v) is 16.8. The lowest BCUT2D eigenvalue weighted by atomic mass is 10.1. The number of nitrogen functional groups attached to an aromatic ring is 1. The van der Waals surface area contributed by atoms with Crippen LogP contribution in [0.1, 0.15) is 18.1 Å². The number of hydrogen-bond donors (Lipinski definition) is 2. The number of carbonyl (C=O) groups is 1. The molecule has 0 unspecified atom stereocenters. The summed E-state index contributed by atoms with van der Waals surface area (Å²) in [7, 11) is 0. The van der Waals surface area contributed by atoms with Crippen molar-refractivity contribution < 1.29 is 4.79 Å². The Kier molecular flexibility index (Phi) is 5.72. The maximum absolute atomic E-state index is 12.6. The second-order valence-electron chi connectivity index (χ2n) is 6.17. The van der Waals surface area contributed by atoms with Crippen molar-refractivity contribution in [1.82, 2.24) is 14.9 Å². The summed E-state index contributed by atoms with van der Waals surface area (Å²) >= 11 is 7.45. The number of hydrogen-bond acceptors (Lipinski definition) is 5. The Morgan fingerprint density at radius 2 is 1.81 bits per heavy atom. The summed E-state index contributed by atoms with van der Waals surface area (Å²) in [6, 6.07) is 13.2. The van der Waals surface area contributed by atoms with E-state index in [0.717, 1.165) is 16.8 Å². The van der Waals surface area contributed by atoms with Gasteiger partial charge in [0.05, 0.1) is 10.3 Å². The van der Waals surface area contributed by atoms with Gasteiger partial charge in [-0.15, -0.1) is 10.2 Å². The Morgan fingerprint density at radius 3 is 2.48 bits per heavy atom. The highest BCUT2D eigenvalue weighted by molar-refractivity contribution is 8.00. The van der Waals surface area contributed by atoms with Gasteiger partial charge in [-0.2, -0.15) is 0 Å². The number of amides is 1. The number of thioether (sulfide) groups is 1. The normalized spacial score (nSPS) is 12.0. The minimum atomic E-state index is -0.408. The number of anilines is 1. The molecule has 140 valence electrons. The van der Waals surface area contributed by atoms with Crippen molar-refractivity contribution >= 4 is 35.0 Å². The Labute approximate surface area is 167 Å². The second-order valence-corrected chi connectivity index (χ2v) is 7.89. The van der Waals surface area contributed by atoms with E-state index >= 15 is 0 Å². The predicted octanol–water partition coefficient (Wildman–Crippen LogP) is 4.05. The molecule has 0 radical (unpaired) electrons. The Bertz CT molecular complexity index is 968. The first-order valence-electron chi connectivity index (χ1n) is 8.37. The lowest BCUT2D eigenvalue weighted by Crippen LogP contribution is -2.24. The molecular formula is C19H20ClN5OS. The number of nitrogens with zero attached hydrogens (tertiary/aromatic N) is 3. The number of aryl methyl sites for hydroxylation is 2. The molecule has 6 nitrogen and oxygen atoms in total. The summed E-state index contributed by atoms with van der Waals surface area (Å²) in [5.41, 5.74) is 3.56. The molecule has 3 rings (SSSR count). The second kappa shape index (κ2) is 8.02. The molecule has 0 fully saturated rings. The zero-order chi connectivity index (χ0) is 19.6. The quantitative estimate of drug-likeness (QED) is 0.497. The van der Waals surface area contributed by atoms with Gasteiger partial charge in [-0.05, 0) is 44.0 Å². The van der Waals surface area contributed by atoms with Crippen molar-refractivity contribution in [3.63, 3.8) is 0 Å². The number of para-hydroxylation sites is 1. The van der Waals surface area contributed by atoms with Gasteiger partial charge in [0.2, 0.25) is 11.1 Å². The lowest BCUT2D eigenvalue weighted by molar-refractivity contribution is -0.115. The molecule has 0 spiro atoms. The summed E-state index contributed by atoms with van der Waals surface area (Å²) < 4.78 is 1.36. The van der Waals surface area contributed by atoms with Crippen LogP contribution in [-0.2, 0) is 4.79 Å². The number of halogens is 1. The van der Waals surface area contributed by atoms with E-state index in [2.05, 4.69) is 15.5 Å². The molecule has 27 heavy (non-hydrogen) atoms. The first-order chi connectivity index (χ1) is 12.9. The van der Waals surface area contributed by atoms with Crippen LogP contribution in [0.2, 0.25) is 5.02 Å². The van der Waals surface area contributed by atoms with Crippen LogP contribution < -0.4 is 11.2 Å². The molecule has 8 heteroatoms. The fraction of sp³-hybridized carbons (Fsp3) is 0.211. The molecule has 0 aliphatic rings. The monoisotopic (exact) mass is 401 g/mol. The van der Waals surface area contributed by atoms with Gasteiger partial charge in [-0.1, -0.05) is 53.7 Å². The molecule has 2 aromatic carbocycles. The van der Waals surface area contributed by atoms with Crippen LogP contribution in [0.4, 0.5) is 5.69 Å². The third kappa shape index (κ3) is 4.09. The molecule has 1 heterocycles. The minimum absolute atomic E-state index is 0.125. The Balaban J connectivity index is 1.76. The van der Waals surface area contributed by atoms with Gasteiger partial charge < -0.3 is 11.2 Å². The van der Waals surface area contributed by atoms with Gasteiger partial charge >= 0.3 is 0 Å². The summed E-state index contributed by atoms with van der Waals surface area (Å²) in [5, 5.41) is 11.8. The van der Waals surface area contributed by atoms with Crippen LogP contribution >= 0.6 is 23.4 Å². The van der Waals surface area contributed by atoms with Crippen molar-refractivity contribution in [2.75, 3.05) is 11.2 Å². The highest BCUT2D eigenvalue weighted by Crippen LogP contribution is 2.29. The van der Waals surface area contributed by atoms with E-state index in [4.69, 9.17) is 17.4 Å². The average molecular weight is 402 g/mol. The largest absolute Gasteiger partial charge is 0.335 e.